The third-order valence-corrected chi connectivity index (χ3v) is 4.60. The second-order valence-corrected chi connectivity index (χ2v) is 7.40. The predicted molar refractivity (Wildman–Crippen MR) is 135 cm³/mol. The third kappa shape index (κ3) is 6.51. The van der Waals surface area contributed by atoms with Gasteiger partial charge in [-0.2, -0.15) is 0 Å². The van der Waals surface area contributed by atoms with Crippen LogP contribution in [0, 0.1) is 0 Å². The average Bonchev–Trinajstić information content (AvgIpc) is 2.76. The summed E-state index contributed by atoms with van der Waals surface area (Å²) in [7, 11) is 5.75. The molecule has 0 saturated carbocycles. The Morgan fingerprint density at radius 2 is 2.03 bits per heavy atom. The maximum absolute atomic E-state index is 4.86. The van der Waals surface area contributed by atoms with E-state index < -0.39 is 0 Å². The van der Waals surface area contributed by atoms with E-state index in [0.717, 1.165) is 52.2 Å². The van der Waals surface area contributed by atoms with Crippen molar-refractivity contribution in [2.24, 2.45) is 4.99 Å². The molecule has 1 aromatic carbocycles. The lowest BCUT2D eigenvalue weighted by atomic mass is 10.0. The molecule has 0 bridgehead atoms. The third-order valence-electron chi connectivity index (χ3n) is 4.60. The quantitative estimate of drug-likeness (QED) is 0.378. The SMILES string of the molecule is C=C/C(=C\N(C)C)c1cccc(-c2ncc(/C(C=NC)=C/C)c(NC(=C)CCC)n2)c1. The van der Waals surface area contributed by atoms with Crippen LogP contribution in [-0.2, 0) is 0 Å². The zero-order chi connectivity index (χ0) is 22.8. The van der Waals surface area contributed by atoms with Gasteiger partial charge in [-0.3, -0.25) is 4.99 Å². The number of hydrogen-bond donors (Lipinski definition) is 1. The summed E-state index contributed by atoms with van der Waals surface area (Å²) in [5, 5.41) is 3.39. The van der Waals surface area contributed by atoms with Gasteiger partial charge >= 0.3 is 0 Å². The first-order valence-electron chi connectivity index (χ1n) is 10.5. The molecule has 0 fully saturated rings. The van der Waals surface area contributed by atoms with Crippen molar-refractivity contribution in [3.63, 3.8) is 0 Å². The number of rotatable bonds is 10. The van der Waals surface area contributed by atoms with Crippen LogP contribution >= 0.6 is 0 Å². The van der Waals surface area contributed by atoms with Crippen LogP contribution in [0.3, 0.4) is 0 Å². The van der Waals surface area contributed by atoms with Crippen molar-refractivity contribution >= 4 is 23.2 Å². The highest BCUT2D eigenvalue weighted by Crippen LogP contribution is 2.27. The van der Waals surface area contributed by atoms with Gasteiger partial charge in [-0.1, -0.05) is 56.9 Å². The van der Waals surface area contributed by atoms with Gasteiger partial charge in [0.15, 0.2) is 5.82 Å². The van der Waals surface area contributed by atoms with Crippen molar-refractivity contribution in [1.29, 1.82) is 0 Å². The highest BCUT2D eigenvalue weighted by atomic mass is 15.0. The summed E-state index contributed by atoms with van der Waals surface area (Å²) in [6.07, 6.45) is 11.4. The molecular formula is C26H33N5. The van der Waals surface area contributed by atoms with Crippen molar-refractivity contribution in [3.8, 4) is 11.4 Å². The standard InChI is InChI=1S/C26H33N5/c1-8-12-19(4)29-26-24(20(9-2)16-27-5)17-28-25(30-26)23-14-11-13-22(15-23)21(10-3)18-31(6)7/h9-11,13-18H,3-4,8,12H2,1-2,5-7H3,(H,28,29,30)/b20-9+,21-18+,27-16?. The molecule has 0 radical (unpaired) electrons. The van der Waals surface area contributed by atoms with E-state index in [1.54, 1.807) is 7.05 Å². The van der Waals surface area contributed by atoms with Crippen LogP contribution in [0.5, 0.6) is 0 Å². The molecule has 0 aliphatic heterocycles. The molecule has 0 aliphatic carbocycles. The Morgan fingerprint density at radius 1 is 1.26 bits per heavy atom. The number of nitrogens with zero attached hydrogens (tertiary/aromatic N) is 4. The number of aromatic nitrogens is 2. The minimum atomic E-state index is 0.648. The summed E-state index contributed by atoms with van der Waals surface area (Å²) < 4.78 is 0. The number of benzene rings is 1. The number of nitrogens with one attached hydrogen (secondary N) is 1. The van der Waals surface area contributed by atoms with Gasteiger partial charge < -0.3 is 10.2 Å². The molecule has 0 amide bonds. The maximum atomic E-state index is 4.86. The monoisotopic (exact) mass is 415 g/mol. The van der Waals surface area contributed by atoms with Crippen LogP contribution in [0.2, 0.25) is 0 Å². The summed E-state index contributed by atoms with van der Waals surface area (Å²) in [5.74, 6) is 1.38. The summed E-state index contributed by atoms with van der Waals surface area (Å²) >= 11 is 0. The van der Waals surface area contributed by atoms with Gasteiger partial charge in [0.2, 0.25) is 0 Å². The Balaban J connectivity index is 2.56. The first-order chi connectivity index (χ1) is 14.9. The zero-order valence-electron chi connectivity index (χ0n) is 19.3. The second-order valence-electron chi connectivity index (χ2n) is 7.40. The largest absolute Gasteiger partial charge is 0.383 e. The fourth-order valence-electron chi connectivity index (χ4n) is 3.16. The highest BCUT2D eigenvalue weighted by Gasteiger charge is 2.13. The van der Waals surface area contributed by atoms with Gasteiger partial charge in [0.1, 0.15) is 5.82 Å². The van der Waals surface area contributed by atoms with Crippen LogP contribution in [0.15, 0.2) is 72.7 Å². The average molecular weight is 416 g/mol. The molecule has 1 aromatic heterocycles. The zero-order valence-corrected chi connectivity index (χ0v) is 19.3. The van der Waals surface area contributed by atoms with Gasteiger partial charge in [0, 0.05) is 62.2 Å². The molecule has 162 valence electrons. The number of allylic oxidation sites excluding steroid dienone is 5. The van der Waals surface area contributed by atoms with Crippen LogP contribution in [0.1, 0.15) is 37.8 Å². The van der Waals surface area contributed by atoms with Crippen LogP contribution < -0.4 is 5.32 Å². The van der Waals surface area contributed by atoms with E-state index >= 15 is 0 Å². The lowest BCUT2D eigenvalue weighted by molar-refractivity contribution is 0.566. The lowest BCUT2D eigenvalue weighted by Crippen LogP contribution is -2.06. The van der Waals surface area contributed by atoms with Crippen molar-refractivity contribution in [2.75, 3.05) is 26.5 Å². The fourth-order valence-corrected chi connectivity index (χ4v) is 3.16. The molecular weight excluding hydrogens is 382 g/mol. The molecule has 31 heavy (non-hydrogen) atoms. The Hall–Kier alpha value is -3.47. The molecule has 0 unspecified atom stereocenters. The van der Waals surface area contributed by atoms with Crippen molar-refractivity contribution in [2.45, 2.75) is 26.7 Å². The molecule has 2 rings (SSSR count). The fraction of sp³-hybridized carbons (Fsp3) is 0.269. The minimum Gasteiger partial charge on any atom is -0.383 e. The van der Waals surface area contributed by atoms with Crippen molar-refractivity contribution in [3.05, 3.63) is 78.8 Å². The van der Waals surface area contributed by atoms with Gasteiger partial charge in [-0.05, 0) is 30.5 Å². The van der Waals surface area contributed by atoms with Gasteiger partial charge in [-0.15, -0.1) is 0 Å². The van der Waals surface area contributed by atoms with E-state index in [0.29, 0.717) is 5.82 Å². The molecule has 1 heterocycles. The van der Waals surface area contributed by atoms with Crippen molar-refractivity contribution in [1.82, 2.24) is 14.9 Å². The molecule has 0 aliphatic rings. The first-order valence-corrected chi connectivity index (χ1v) is 10.5. The molecule has 0 saturated heterocycles. The van der Waals surface area contributed by atoms with Crippen molar-refractivity contribution < 1.29 is 0 Å². The predicted octanol–water partition coefficient (Wildman–Crippen LogP) is 6.06. The summed E-state index contributed by atoms with van der Waals surface area (Å²) in [5.41, 5.74) is 5.81. The molecule has 5 nitrogen and oxygen atoms in total. The van der Waals surface area contributed by atoms with E-state index in [2.05, 4.69) is 47.5 Å². The van der Waals surface area contributed by atoms with Crippen LogP contribution in [0.4, 0.5) is 5.82 Å². The van der Waals surface area contributed by atoms with E-state index in [4.69, 9.17) is 4.98 Å². The number of hydrogen-bond acceptors (Lipinski definition) is 5. The Kier molecular flexibility index (Phi) is 8.94. The maximum Gasteiger partial charge on any atom is 0.161 e. The van der Waals surface area contributed by atoms with E-state index in [1.165, 1.54) is 0 Å². The molecule has 0 atom stereocenters. The van der Waals surface area contributed by atoms with Crippen LogP contribution in [-0.4, -0.2) is 42.2 Å². The second kappa shape index (κ2) is 11.6. The van der Waals surface area contributed by atoms with Crippen LogP contribution in [0.25, 0.3) is 22.5 Å². The highest BCUT2D eigenvalue weighted by molar-refractivity contribution is 6.11. The van der Waals surface area contributed by atoms with E-state index in [-0.39, 0.29) is 0 Å². The number of anilines is 1. The minimum absolute atomic E-state index is 0.648. The molecule has 2 aromatic rings. The van der Waals surface area contributed by atoms with Gasteiger partial charge in [-0.25, -0.2) is 9.97 Å². The Labute approximate surface area is 186 Å². The molecule has 1 N–H and O–H groups in total. The topological polar surface area (TPSA) is 53.4 Å². The Morgan fingerprint density at radius 3 is 2.65 bits per heavy atom. The summed E-state index contributed by atoms with van der Waals surface area (Å²) in [4.78, 5) is 15.7. The number of aliphatic imine (C=N–C) groups is 1. The first kappa shape index (κ1) is 23.8. The van der Waals surface area contributed by atoms with E-state index in [1.807, 2.05) is 68.8 Å². The summed E-state index contributed by atoms with van der Waals surface area (Å²) in [6.45, 7) is 12.2. The van der Waals surface area contributed by atoms with E-state index in [9.17, 15) is 0 Å². The van der Waals surface area contributed by atoms with Gasteiger partial charge in [0.05, 0.1) is 0 Å². The normalized spacial score (nSPS) is 12.2. The molecule has 5 heteroatoms. The van der Waals surface area contributed by atoms with Gasteiger partial charge in [0.25, 0.3) is 0 Å². The smallest absolute Gasteiger partial charge is 0.161 e. The lowest BCUT2D eigenvalue weighted by Gasteiger charge is -2.15. The summed E-state index contributed by atoms with van der Waals surface area (Å²) in [6, 6.07) is 8.18. The Bertz CT molecular complexity index is 1010. The molecule has 0 spiro atoms.